The first-order valence-electron chi connectivity index (χ1n) is 2.23. The van der Waals surface area contributed by atoms with E-state index in [0.29, 0.717) is 5.57 Å². The average Bonchev–Trinajstić information content (AvgIpc) is 2.14. The highest BCUT2D eigenvalue weighted by molar-refractivity contribution is 6.07. The van der Waals surface area contributed by atoms with Crippen LogP contribution < -0.4 is 0 Å². The van der Waals surface area contributed by atoms with E-state index in [1.54, 1.807) is 0 Å². The topological polar surface area (TPSA) is 49.7 Å². The van der Waals surface area contributed by atoms with E-state index < -0.39 is 0 Å². The smallest absolute Gasteiger partial charge is 0.275 e. The number of nitrogens with zero attached hydrogens (tertiary/aromatic N) is 1. The Kier molecular flexibility index (Phi) is 3.12. The molecule has 1 rings (SSSR count). The maximum absolute atomic E-state index is 10.4. The van der Waals surface area contributed by atoms with Crippen LogP contribution in [0.2, 0.25) is 0 Å². The molecule has 4 heteroatoms. The van der Waals surface area contributed by atoms with Crippen molar-refractivity contribution in [1.82, 2.24) is 0 Å². The van der Waals surface area contributed by atoms with Crippen LogP contribution in [0.15, 0.2) is 16.6 Å². The Bertz CT molecular complexity index is 174. The summed E-state index contributed by atoms with van der Waals surface area (Å²) in [6.07, 6.45) is 2.89. The van der Waals surface area contributed by atoms with Gasteiger partial charge in [-0.25, -0.2) is 4.99 Å². The van der Waals surface area contributed by atoms with Gasteiger partial charge in [-0.3, -0.25) is 4.79 Å². The van der Waals surface area contributed by atoms with Crippen LogP contribution in [0.5, 0.6) is 0 Å². The molecule has 0 saturated heterocycles. The first-order valence-corrected chi connectivity index (χ1v) is 2.23. The molecule has 1 amide bonds. The molecule has 0 bridgehead atoms. The van der Waals surface area contributed by atoms with E-state index in [2.05, 4.69) is 4.99 Å². The van der Waals surface area contributed by atoms with Crippen molar-refractivity contribution >= 4 is 24.5 Å². The third-order valence-electron chi connectivity index (χ3n) is 0.913. The Balaban J connectivity index is 0.000000640. The molecule has 0 aromatic rings. The lowest BCUT2D eigenvalue weighted by molar-refractivity contribution is -0.114. The summed E-state index contributed by atoms with van der Waals surface area (Å²) < 4.78 is 0. The molecular weight excluding hydrogens is 142 g/mol. The first kappa shape index (κ1) is 8.33. The molecule has 0 spiro atoms. The fourth-order valence-electron chi connectivity index (χ4n) is 0.469. The van der Waals surface area contributed by atoms with Gasteiger partial charge in [0.15, 0.2) is 0 Å². The molecule has 1 aliphatic heterocycles. The van der Waals surface area contributed by atoms with Crippen molar-refractivity contribution in [2.75, 3.05) is 6.61 Å². The second-order valence-corrected chi connectivity index (χ2v) is 1.43. The van der Waals surface area contributed by atoms with E-state index in [1.807, 2.05) is 0 Å². The van der Waals surface area contributed by atoms with Gasteiger partial charge >= 0.3 is 0 Å². The number of aliphatic imine (C=N–C) groups is 1. The molecule has 0 aromatic carbocycles. The molecular formula is C5H6ClNO2. The molecule has 3 nitrogen and oxygen atoms in total. The highest BCUT2D eigenvalue weighted by atomic mass is 35.5. The third-order valence-corrected chi connectivity index (χ3v) is 0.913. The number of carbonyl (C=O) groups is 1. The molecule has 0 radical (unpaired) electrons. The van der Waals surface area contributed by atoms with Gasteiger partial charge in [-0.2, -0.15) is 0 Å². The zero-order valence-electron chi connectivity index (χ0n) is 4.57. The van der Waals surface area contributed by atoms with Gasteiger partial charge in [-0.05, 0) is 6.08 Å². The Morgan fingerprint density at radius 2 is 2.33 bits per heavy atom. The standard InChI is InChI=1S/C5H5NO2.ClH/c7-3-4-1-2-6-5(4)8;/h1-2,7H,3H2;1H. The van der Waals surface area contributed by atoms with Crippen molar-refractivity contribution in [3.05, 3.63) is 11.6 Å². The lowest BCUT2D eigenvalue weighted by Gasteiger charge is -1.86. The van der Waals surface area contributed by atoms with Crippen molar-refractivity contribution in [2.45, 2.75) is 0 Å². The fraction of sp³-hybridized carbons (Fsp3) is 0.200. The number of rotatable bonds is 1. The van der Waals surface area contributed by atoms with Gasteiger partial charge in [0.05, 0.1) is 6.61 Å². The highest BCUT2D eigenvalue weighted by Gasteiger charge is 2.08. The summed E-state index contributed by atoms with van der Waals surface area (Å²) in [6, 6.07) is 0. The summed E-state index contributed by atoms with van der Waals surface area (Å²) in [7, 11) is 0. The molecule has 50 valence electrons. The number of halogens is 1. The van der Waals surface area contributed by atoms with E-state index in [0.717, 1.165) is 0 Å². The van der Waals surface area contributed by atoms with Crippen LogP contribution in [0, 0.1) is 0 Å². The van der Waals surface area contributed by atoms with E-state index in [1.165, 1.54) is 12.3 Å². The molecule has 1 heterocycles. The van der Waals surface area contributed by atoms with Crippen LogP contribution in [-0.2, 0) is 4.79 Å². The highest BCUT2D eigenvalue weighted by Crippen LogP contribution is 1.99. The van der Waals surface area contributed by atoms with Crippen LogP contribution in [0.4, 0.5) is 0 Å². The molecule has 1 N–H and O–H groups in total. The van der Waals surface area contributed by atoms with Gasteiger partial charge in [0, 0.05) is 11.8 Å². The van der Waals surface area contributed by atoms with Gasteiger partial charge in [0.25, 0.3) is 5.91 Å². The van der Waals surface area contributed by atoms with Crippen LogP contribution >= 0.6 is 12.4 Å². The number of amides is 1. The summed E-state index contributed by atoms with van der Waals surface area (Å²) in [4.78, 5) is 13.8. The van der Waals surface area contributed by atoms with Gasteiger partial charge < -0.3 is 5.11 Å². The van der Waals surface area contributed by atoms with E-state index in [4.69, 9.17) is 5.11 Å². The number of carbonyl (C=O) groups excluding carboxylic acids is 1. The summed E-state index contributed by atoms with van der Waals surface area (Å²) >= 11 is 0. The molecule has 0 saturated carbocycles. The summed E-state index contributed by atoms with van der Waals surface area (Å²) in [6.45, 7) is -0.209. The van der Waals surface area contributed by atoms with Crippen molar-refractivity contribution in [3.63, 3.8) is 0 Å². The van der Waals surface area contributed by atoms with Crippen LogP contribution in [-0.4, -0.2) is 23.8 Å². The Morgan fingerprint density at radius 3 is 2.56 bits per heavy atom. The Morgan fingerprint density at radius 1 is 1.67 bits per heavy atom. The molecule has 1 aliphatic rings. The summed E-state index contributed by atoms with van der Waals surface area (Å²) in [5.41, 5.74) is 0.366. The number of aliphatic hydroxyl groups excluding tert-OH is 1. The van der Waals surface area contributed by atoms with E-state index in [-0.39, 0.29) is 24.9 Å². The number of hydrogen-bond acceptors (Lipinski definition) is 2. The number of aliphatic hydroxyl groups is 1. The maximum Gasteiger partial charge on any atom is 0.275 e. The Labute approximate surface area is 58.5 Å². The lowest BCUT2D eigenvalue weighted by atomic mass is 10.3. The van der Waals surface area contributed by atoms with Gasteiger partial charge in [-0.1, -0.05) is 0 Å². The molecule has 0 atom stereocenters. The summed E-state index contributed by atoms with van der Waals surface area (Å²) in [5, 5.41) is 8.37. The Hall–Kier alpha value is -0.670. The van der Waals surface area contributed by atoms with Crippen LogP contribution in [0.3, 0.4) is 0 Å². The molecule has 0 aliphatic carbocycles. The summed E-state index contributed by atoms with van der Waals surface area (Å²) in [5.74, 6) is -0.326. The zero-order valence-corrected chi connectivity index (χ0v) is 5.39. The number of hydrogen-bond donors (Lipinski definition) is 1. The van der Waals surface area contributed by atoms with Gasteiger partial charge in [0.2, 0.25) is 0 Å². The quantitative estimate of drug-likeness (QED) is 0.565. The second-order valence-electron chi connectivity index (χ2n) is 1.43. The minimum atomic E-state index is -0.326. The average molecular weight is 148 g/mol. The first-order chi connectivity index (χ1) is 3.84. The zero-order chi connectivity index (χ0) is 5.98. The maximum atomic E-state index is 10.4. The van der Waals surface area contributed by atoms with Crippen molar-refractivity contribution < 1.29 is 9.90 Å². The third kappa shape index (κ3) is 1.62. The number of allylic oxidation sites excluding steroid dienone is 1. The van der Waals surface area contributed by atoms with Crippen LogP contribution in [0.25, 0.3) is 0 Å². The van der Waals surface area contributed by atoms with Crippen LogP contribution in [0.1, 0.15) is 0 Å². The minimum absolute atomic E-state index is 0. The second kappa shape index (κ2) is 3.37. The molecule has 9 heavy (non-hydrogen) atoms. The minimum Gasteiger partial charge on any atom is -0.391 e. The molecule has 0 unspecified atom stereocenters. The van der Waals surface area contributed by atoms with E-state index in [9.17, 15) is 4.79 Å². The van der Waals surface area contributed by atoms with E-state index >= 15 is 0 Å². The van der Waals surface area contributed by atoms with Crippen molar-refractivity contribution in [3.8, 4) is 0 Å². The van der Waals surface area contributed by atoms with Crippen molar-refractivity contribution in [1.29, 1.82) is 0 Å². The van der Waals surface area contributed by atoms with Gasteiger partial charge in [0.1, 0.15) is 0 Å². The van der Waals surface area contributed by atoms with Gasteiger partial charge in [-0.15, -0.1) is 12.4 Å². The molecule has 0 fully saturated rings. The largest absolute Gasteiger partial charge is 0.391 e. The molecule has 0 aromatic heterocycles. The predicted octanol–water partition coefficient (Wildman–Crippen LogP) is -0.0621. The lowest BCUT2D eigenvalue weighted by Crippen LogP contribution is -1.97. The van der Waals surface area contributed by atoms with Crippen molar-refractivity contribution in [2.24, 2.45) is 4.99 Å². The predicted molar refractivity (Wildman–Crippen MR) is 35.9 cm³/mol. The normalized spacial score (nSPS) is 15.2. The fourth-order valence-corrected chi connectivity index (χ4v) is 0.469. The monoisotopic (exact) mass is 147 g/mol. The SMILES string of the molecule is Cl.O=C1N=CC=C1CO.